The van der Waals surface area contributed by atoms with E-state index in [-0.39, 0.29) is 11.3 Å². The summed E-state index contributed by atoms with van der Waals surface area (Å²) in [5.74, 6) is 3.47. The first kappa shape index (κ1) is 9.34. The molecule has 0 unspecified atom stereocenters. The minimum absolute atomic E-state index is 0.0116. The van der Waals surface area contributed by atoms with E-state index in [1.54, 1.807) is 6.92 Å². The second-order valence-electron chi connectivity index (χ2n) is 2.60. The maximum absolute atomic E-state index is 11.1. The van der Waals surface area contributed by atoms with Crippen LogP contribution in [-0.2, 0) is 0 Å². The first-order valence-corrected chi connectivity index (χ1v) is 3.60. The van der Waals surface area contributed by atoms with Gasteiger partial charge >= 0.3 is 0 Å². The van der Waals surface area contributed by atoms with E-state index in [0.717, 1.165) is 0 Å². The third-order valence-electron chi connectivity index (χ3n) is 1.72. The molecule has 0 saturated heterocycles. The summed E-state index contributed by atoms with van der Waals surface area (Å²) >= 11 is 0. The molecule has 0 aliphatic heterocycles. The number of hydrogen-bond donors (Lipinski definition) is 4. The van der Waals surface area contributed by atoms with Crippen molar-refractivity contribution in [1.82, 2.24) is 5.43 Å². The van der Waals surface area contributed by atoms with Crippen LogP contribution in [0.5, 0.6) is 11.5 Å². The van der Waals surface area contributed by atoms with Crippen LogP contribution >= 0.6 is 0 Å². The fourth-order valence-electron chi connectivity index (χ4n) is 1.04. The van der Waals surface area contributed by atoms with Gasteiger partial charge in [-0.15, -0.1) is 0 Å². The third kappa shape index (κ3) is 1.54. The number of nitrogens with two attached hydrogens (primary N) is 1. The second kappa shape index (κ2) is 3.32. The van der Waals surface area contributed by atoms with Gasteiger partial charge in [-0.3, -0.25) is 10.2 Å². The van der Waals surface area contributed by atoms with Gasteiger partial charge in [-0.05, 0) is 18.6 Å². The molecule has 13 heavy (non-hydrogen) atoms. The molecule has 5 N–H and O–H groups in total. The standard InChI is InChI=1S/C8H10N2O3/c1-4-2-3-5(11)7(12)6(4)8(13)10-9/h2-3,11-12H,9H2,1H3,(H,10,13). The van der Waals surface area contributed by atoms with E-state index in [4.69, 9.17) is 10.9 Å². The zero-order valence-electron chi connectivity index (χ0n) is 7.03. The molecule has 0 fully saturated rings. The van der Waals surface area contributed by atoms with Crippen molar-refractivity contribution in [1.29, 1.82) is 0 Å². The zero-order valence-corrected chi connectivity index (χ0v) is 7.03. The molecule has 0 atom stereocenters. The molecule has 1 rings (SSSR count). The van der Waals surface area contributed by atoms with E-state index >= 15 is 0 Å². The molecule has 0 aliphatic rings. The molecule has 0 aromatic heterocycles. The minimum Gasteiger partial charge on any atom is -0.504 e. The Balaban J connectivity index is 3.33. The third-order valence-corrected chi connectivity index (χ3v) is 1.72. The topological polar surface area (TPSA) is 95.6 Å². The van der Waals surface area contributed by atoms with Gasteiger partial charge in [-0.2, -0.15) is 0 Å². The quantitative estimate of drug-likeness (QED) is 0.213. The van der Waals surface area contributed by atoms with Gasteiger partial charge in [-0.25, -0.2) is 5.84 Å². The highest BCUT2D eigenvalue weighted by Crippen LogP contribution is 2.30. The number of phenolic OH excluding ortho intramolecular Hbond substituents is 2. The van der Waals surface area contributed by atoms with Gasteiger partial charge in [-0.1, -0.05) is 6.07 Å². The van der Waals surface area contributed by atoms with E-state index in [1.807, 2.05) is 5.43 Å². The number of amides is 1. The van der Waals surface area contributed by atoms with Crippen molar-refractivity contribution >= 4 is 5.91 Å². The van der Waals surface area contributed by atoms with Crippen molar-refractivity contribution in [3.63, 3.8) is 0 Å². The number of carbonyl (C=O) groups is 1. The van der Waals surface area contributed by atoms with Crippen molar-refractivity contribution in [3.05, 3.63) is 23.3 Å². The Hall–Kier alpha value is -1.75. The van der Waals surface area contributed by atoms with Crippen LogP contribution in [0.25, 0.3) is 0 Å². The van der Waals surface area contributed by atoms with E-state index in [2.05, 4.69) is 0 Å². The first-order chi connectivity index (χ1) is 6.07. The Kier molecular flexibility index (Phi) is 2.39. The number of aromatic hydroxyl groups is 2. The highest BCUT2D eigenvalue weighted by molar-refractivity contribution is 5.98. The number of nitrogen functional groups attached to an aromatic ring is 1. The van der Waals surface area contributed by atoms with Crippen LogP contribution in [0.2, 0.25) is 0 Å². The Morgan fingerprint density at radius 3 is 2.62 bits per heavy atom. The molecule has 5 nitrogen and oxygen atoms in total. The lowest BCUT2D eigenvalue weighted by Crippen LogP contribution is -2.30. The summed E-state index contributed by atoms with van der Waals surface area (Å²) in [5.41, 5.74) is 2.41. The van der Waals surface area contributed by atoms with Crippen LogP contribution in [0.15, 0.2) is 12.1 Å². The van der Waals surface area contributed by atoms with Crippen molar-refractivity contribution < 1.29 is 15.0 Å². The molecule has 0 spiro atoms. The molecule has 0 heterocycles. The minimum atomic E-state index is -0.633. The van der Waals surface area contributed by atoms with E-state index in [1.165, 1.54) is 12.1 Å². The van der Waals surface area contributed by atoms with E-state index in [9.17, 15) is 9.90 Å². The van der Waals surface area contributed by atoms with Crippen LogP contribution in [0.3, 0.4) is 0 Å². The number of carbonyl (C=O) groups excluding carboxylic acids is 1. The van der Waals surface area contributed by atoms with Gasteiger partial charge in [0.2, 0.25) is 0 Å². The van der Waals surface area contributed by atoms with Crippen LogP contribution in [0, 0.1) is 6.92 Å². The molecule has 0 aliphatic carbocycles. The van der Waals surface area contributed by atoms with E-state index < -0.39 is 11.7 Å². The van der Waals surface area contributed by atoms with Gasteiger partial charge in [0.05, 0.1) is 5.56 Å². The molecular formula is C8H10N2O3. The van der Waals surface area contributed by atoms with Gasteiger partial charge in [0.15, 0.2) is 11.5 Å². The molecule has 0 saturated carbocycles. The van der Waals surface area contributed by atoms with Gasteiger partial charge in [0.25, 0.3) is 5.91 Å². The molecule has 70 valence electrons. The van der Waals surface area contributed by atoms with Crippen LogP contribution < -0.4 is 11.3 Å². The summed E-state index contributed by atoms with van der Waals surface area (Å²) in [6.07, 6.45) is 0. The number of hydrogen-bond acceptors (Lipinski definition) is 4. The van der Waals surface area contributed by atoms with Gasteiger partial charge < -0.3 is 10.2 Å². The lowest BCUT2D eigenvalue weighted by atomic mass is 10.1. The zero-order chi connectivity index (χ0) is 10.0. The fourth-order valence-corrected chi connectivity index (χ4v) is 1.04. The summed E-state index contributed by atoms with van der Waals surface area (Å²) in [6, 6.07) is 2.82. The number of rotatable bonds is 1. The van der Waals surface area contributed by atoms with Gasteiger partial charge in [0.1, 0.15) is 0 Å². The lowest BCUT2D eigenvalue weighted by molar-refractivity contribution is 0.0949. The Morgan fingerprint density at radius 1 is 1.46 bits per heavy atom. The predicted octanol–water partition coefficient (Wildman–Crippen LogP) is 0.00972. The van der Waals surface area contributed by atoms with Crippen molar-refractivity contribution in [3.8, 4) is 11.5 Å². The van der Waals surface area contributed by atoms with Crippen molar-refractivity contribution in [2.75, 3.05) is 0 Å². The van der Waals surface area contributed by atoms with Gasteiger partial charge in [0, 0.05) is 0 Å². The largest absolute Gasteiger partial charge is 0.504 e. The SMILES string of the molecule is Cc1ccc(O)c(O)c1C(=O)NN. The average molecular weight is 182 g/mol. The lowest BCUT2D eigenvalue weighted by Gasteiger charge is -2.07. The Labute approximate surface area is 74.8 Å². The van der Waals surface area contributed by atoms with Crippen molar-refractivity contribution in [2.24, 2.45) is 5.84 Å². The first-order valence-electron chi connectivity index (χ1n) is 3.60. The Bertz CT molecular complexity index is 349. The monoisotopic (exact) mass is 182 g/mol. The summed E-state index contributed by atoms with van der Waals surface area (Å²) < 4.78 is 0. The second-order valence-corrected chi connectivity index (χ2v) is 2.60. The van der Waals surface area contributed by atoms with Crippen LogP contribution in [0.1, 0.15) is 15.9 Å². The summed E-state index contributed by atoms with van der Waals surface area (Å²) in [6.45, 7) is 1.63. The molecule has 1 aromatic rings. The average Bonchev–Trinajstić information content (AvgIpc) is 2.12. The number of nitrogens with one attached hydrogen (secondary N) is 1. The smallest absolute Gasteiger partial charge is 0.269 e. The number of benzene rings is 1. The molecule has 0 bridgehead atoms. The maximum Gasteiger partial charge on any atom is 0.269 e. The fraction of sp³-hybridized carbons (Fsp3) is 0.125. The maximum atomic E-state index is 11.1. The molecule has 1 amide bonds. The summed E-state index contributed by atoms with van der Waals surface area (Å²) in [4.78, 5) is 11.1. The van der Waals surface area contributed by atoms with E-state index in [0.29, 0.717) is 5.56 Å². The number of aryl methyl sites for hydroxylation is 1. The molecular weight excluding hydrogens is 172 g/mol. The molecule has 5 heteroatoms. The summed E-state index contributed by atoms with van der Waals surface area (Å²) in [5, 5.41) is 18.4. The number of phenols is 2. The van der Waals surface area contributed by atoms with Crippen LogP contribution in [0.4, 0.5) is 0 Å². The molecule has 0 radical (unpaired) electrons. The highest BCUT2D eigenvalue weighted by atomic mass is 16.3. The normalized spacial score (nSPS) is 9.69. The van der Waals surface area contributed by atoms with Crippen LogP contribution in [-0.4, -0.2) is 16.1 Å². The Morgan fingerprint density at radius 2 is 2.08 bits per heavy atom. The number of hydrazine groups is 1. The highest BCUT2D eigenvalue weighted by Gasteiger charge is 2.15. The predicted molar refractivity (Wildman–Crippen MR) is 46.2 cm³/mol. The summed E-state index contributed by atoms with van der Waals surface area (Å²) in [7, 11) is 0. The van der Waals surface area contributed by atoms with Crippen molar-refractivity contribution in [2.45, 2.75) is 6.92 Å². The molecule has 1 aromatic carbocycles.